The normalized spacial score (nSPS) is 24.4. The van der Waals surface area contributed by atoms with E-state index in [1.165, 1.54) is 10.6 Å². The van der Waals surface area contributed by atoms with Crippen molar-refractivity contribution in [3.63, 3.8) is 0 Å². The van der Waals surface area contributed by atoms with Crippen LogP contribution in [0.5, 0.6) is 0 Å². The molecule has 0 bridgehead atoms. The summed E-state index contributed by atoms with van der Waals surface area (Å²) in [4.78, 5) is 0. The molecule has 1 aliphatic rings. The molecule has 2 rings (SSSR count). The van der Waals surface area contributed by atoms with Gasteiger partial charge in [-0.3, -0.25) is 10.3 Å². The maximum Gasteiger partial charge on any atom is 0.0559 e. The minimum Gasteiger partial charge on any atom is -0.288 e. The van der Waals surface area contributed by atoms with Gasteiger partial charge in [-0.2, -0.15) is 0 Å². The van der Waals surface area contributed by atoms with Crippen molar-refractivity contribution in [2.24, 2.45) is 0 Å². The Labute approximate surface area is 104 Å². The van der Waals surface area contributed by atoms with Gasteiger partial charge in [0.05, 0.1) is 6.04 Å². The third kappa shape index (κ3) is 2.89. The van der Waals surface area contributed by atoms with Gasteiger partial charge in [0.2, 0.25) is 0 Å². The van der Waals surface area contributed by atoms with Gasteiger partial charge in [0.1, 0.15) is 0 Å². The first kappa shape index (κ1) is 12.2. The molecule has 1 aromatic carbocycles. The molecule has 1 aromatic rings. The van der Waals surface area contributed by atoms with Crippen LogP contribution in [0.4, 0.5) is 0 Å². The molecule has 0 unspecified atom stereocenters. The Morgan fingerprint density at radius 1 is 1.18 bits per heavy atom. The summed E-state index contributed by atoms with van der Waals surface area (Å²) in [5.41, 5.74) is 2.18. The van der Waals surface area contributed by atoms with Gasteiger partial charge >= 0.3 is 0 Å². The Hall–Kier alpha value is -1.28. The molecular formula is C15H21NO. The second-order valence-electron chi connectivity index (χ2n) is 5.00. The fourth-order valence-corrected chi connectivity index (χ4v) is 2.69. The minimum absolute atomic E-state index is 0.257. The molecule has 1 N–H and O–H groups in total. The van der Waals surface area contributed by atoms with Gasteiger partial charge in [-0.25, -0.2) is 0 Å². The zero-order valence-electron chi connectivity index (χ0n) is 10.5. The topological polar surface area (TPSA) is 23.5 Å². The van der Waals surface area contributed by atoms with E-state index < -0.39 is 0 Å². The standard InChI is InChI=1S/C15H21NO/c1-12(2)16(17)15-10-8-14(9-11-15)13-6-4-3-5-7-13/h3-7,14-15,17H,1,8-11H2,2H3. The van der Waals surface area contributed by atoms with Gasteiger partial charge in [0.25, 0.3) is 0 Å². The fraction of sp³-hybridized carbons (Fsp3) is 0.467. The van der Waals surface area contributed by atoms with Crippen LogP contribution in [-0.4, -0.2) is 16.3 Å². The Bertz CT molecular complexity index is 366. The van der Waals surface area contributed by atoms with Crippen LogP contribution in [0, 0.1) is 0 Å². The van der Waals surface area contributed by atoms with E-state index in [2.05, 4.69) is 36.9 Å². The van der Waals surface area contributed by atoms with E-state index in [9.17, 15) is 5.21 Å². The molecule has 1 fully saturated rings. The van der Waals surface area contributed by atoms with Crippen LogP contribution in [-0.2, 0) is 0 Å². The van der Waals surface area contributed by atoms with Crippen molar-refractivity contribution < 1.29 is 5.21 Å². The van der Waals surface area contributed by atoms with Crippen molar-refractivity contribution in [2.75, 3.05) is 0 Å². The average molecular weight is 231 g/mol. The van der Waals surface area contributed by atoms with E-state index >= 15 is 0 Å². The number of nitrogens with zero attached hydrogens (tertiary/aromatic N) is 1. The smallest absolute Gasteiger partial charge is 0.0559 e. The fourth-order valence-electron chi connectivity index (χ4n) is 2.69. The van der Waals surface area contributed by atoms with Crippen LogP contribution in [0.3, 0.4) is 0 Å². The van der Waals surface area contributed by atoms with Gasteiger partial charge < -0.3 is 0 Å². The lowest BCUT2D eigenvalue weighted by atomic mass is 9.81. The summed E-state index contributed by atoms with van der Waals surface area (Å²) in [6.07, 6.45) is 4.39. The lowest BCUT2D eigenvalue weighted by Gasteiger charge is -2.34. The highest BCUT2D eigenvalue weighted by Crippen LogP contribution is 2.34. The second kappa shape index (κ2) is 5.37. The van der Waals surface area contributed by atoms with Crippen LogP contribution in [0.15, 0.2) is 42.6 Å². The van der Waals surface area contributed by atoms with Crippen molar-refractivity contribution in [3.8, 4) is 0 Å². The molecule has 2 heteroatoms. The number of benzene rings is 1. The summed E-state index contributed by atoms with van der Waals surface area (Å²) >= 11 is 0. The van der Waals surface area contributed by atoms with Gasteiger partial charge in [-0.1, -0.05) is 36.9 Å². The highest BCUT2D eigenvalue weighted by molar-refractivity contribution is 5.20. The van der Waals surface area contributed by atoms with Crippen LogP contribution in [0.2, 0.25) is 0 Å². The first-order chi connectivity index (χ1) is 8.18. The largest absolute Gasteiger partial charge is 0.288 e. The first-order valence-corrected chi connectivity index (χ1v) is 6.37. The number of hydrogen-bond donors (Lipinski definition) is 1. The highest BCUT2D eigenvalue weighted by Gasteiger charge is 2.25. The molecule has 0 atom stereocenters. The number of hydroxylamine groups is 2. The van der Waals surface area contributed by atoms with Crippen molar-refractivity contribution in [3.05, 3.63) is 48.2 Å². The molecule has 2 nitrogen and oxygen atoms in total. The minimum atomic E-state index is 0.257. The third-order valence-electron chi connectivity index (χ3n) is 3.70. The number of allylic oxidation sites excluding steroid dienone is 1. The van der Waals surface area contributed by atoms with Crippen molar-refractivity contribution >= 4 is 0 Å². The molecule has 17 heavy (non-hydrogen) atoms. The molecular weight excluding hydrogens is 210 g/mol. The van der Waals surface area contributed by atoms with E-state index in [1.54, 1.807) is 0 Å². The predicted octanol–water partition coefficient (Wildman–Crippen LogP) is 3.94. The zero-order chi connectivity index (χ0) is 12.3. The average Bonchev–Trinajstić information content (AvgIpc) is 2.39. The molecule has 0 spiro atoms. The monoisotopic (exact) mass is 231 g/mol. The molecule has 0 aliphatic heterocycles. The summed E-state index contributed by atoms with van der Waals surface area (Å²) in [6.45, 7) is 5.63. The lowest BCUT2D eigenvalue weighted by molar-refractivity contribution is -0.102. The van der Waals surface area contributed by atoms with E-state index in [0.29, 0.717) is 5.92 Å². The molecule has 0 saturated heterocycles. The molecule has 0 amide bonds. The van der Waals surface area contributed by atoms with Crippen molar-refractivity contribution in [1.82, 2.24) is 5.06 Å². The molecule has 0 aromatic heterocycles. The van der Waals surface area contributed by atoms with Gasteiger partial charge in [-0.15, -0.1) is 0 Å². The maximum absolute atomic E-state index is 9.84. The quantitative estimate of drug-likeness (QED) is 0.796. The molecule has 0 radical (unpaired) electrons. The second-order valence-corrected chi connectivity index (χ2v) is 5.00. The summed E-state index contributed by atoms with van der Waals surface area (Å²) in [5.74, 6) is 0.658. The van der Waals surface area contributed by atoms with E-state index in [-0.39, 0.29) is 6.04 Å². The van der Waals surface area contributed by atoms with Crippen LogP contribution in [0.1, 0.15) is 44.1 Å². The van der Waals surface area contributed by atoms with Crippen molar-refractivity contribution in [1.29, 1.82) is 0 Å². The summed E-state index contributed by atoms with van der Waals surface area (Å²) in [6, 6.07) is 10.9. The Kier molecular flexibility index (Phi) is 3.85. The van der Waals surface area contributed by atoms with Crippen LogP contribution < -0.4 is 0 Å². The Balaban J connectivity index is 1.93. The van der Waals surface area contributed by atoms with E-state index in [4.69, 9.17) is 0 Å². The predicted molar refractivity (Wildman–Crippen MR) is 69.9 cm³/mol. The first-order valence-electron chi connectivity index (χ1n) is 6.37. The van der Waals surface area contributed by atoms with Crippen molar-refractivity contribution in [2.45, 2.75) is 44.6 Å². The zero-order valence-corrected chi connectivity index (χ0v) is 10.5. The number of rotatable bonds is 3. The molecule has 92 valence electrons. The molecule has 1 aliphatic carbocycles. The maximum atomic E-state index is 9.84. The van der Waals surface area contributed by atoms with Crippen LogP contribution in [0.25, 0.3) is 0 Å². The summed E-state index contributed by atoms with van der Waals surface area (Å²) in [5, 5.41) is 11.2. The van der Waals surface area contributed by atoms with Gasteiger partial charge in [0, 0.05) is 5.70 Å². The van der Waals surface area contributed by atoms with Crippen LogP contribution >= 0.6 is 0 Å². The van der Waals surface area contributed by atoms with E-state index in [1.807, 2.05) is 6.92 Å². The van der Waals surface area contributed by atoms with E-state index in [0.717, 1.165) is 31.4 Å². The van der Waals surface area contributed by atoms with Gasteiger partial charge in [-0.05, 0) is 44.1 Å². The third-order valence-corrected chi connectivity index (χ3v) is 3.70. The summed E-state index contributed by atoms with van der Waals surface area (Å²) in [7, 11) is 0. The SMILES string of the molecule is C=C(C)N(O)C1CCC(c2ccccc2)CC1. The summed E-state index contributed by atoms with van der Waals surface area (Å²) < 4.78 is 0. The lowest BCUT2D eigenvalue weighted by Crippen LogP contribution is -2.33. The Morgan fingerprint density at radius 2 is 1.76 bits per heavy atom. The Morgan fingerprint density at radius 3 is 2.29 bits per heavy atom. The number of hydrogen-bond acceptors (Lipinski definition) is 2. The molecule has 1 saturated carbocycles. The molecule has 0 heterocycles. The van der Waals surface area contributed by atoms with Gasteiger partial charge in [0.15, 0.2) is 0 Å². The highest BCUT2D eigenvalue weighted by atomic mass is 16.5.